The lowest BCUT2D eigenvalue weighted by atomic mass is 9.69. The molecule has 3 heterocycles. The topological polar surface area (TPSA) is 17.8 Å². The molecule has 9 rings (SSSR count). The highest BCUT2D eigenvalue weighted by molar-refractivity contribution is 8.02. The van der Waals surface area contributed by atoms with Crippen LogP contribution in [0.25, 0.3) is 16.6 Å². The summed E-state index contributed by atoms with van der Waals surface area (Å²) in [4.78, 5) is 5.06. The molecule has 42 heavy (non-hydrogen) atoms. The van der Waals surface area contributed by atoms with Gasteiger partial charge in [0.25, 0.3) is 0 Å². The first-order valence-electron chi connectivity index (χ1n) is 14.7. The van der Waals surface area contributed by atoms with E-state index in [-0.39, 0.29) is 21.5 Å². The van der Waals surface area contributed by atoms with Gasteiger partial charge in [0.1, 0.15) is 15.4 Å². The second-order valence-corrected chi connectivity index (χ2v) is 12.9. The fraction of sp³-hybridized carbons (Fsp3) is 0.103. The molecular weight excluding hydrogens is 529 g/mol. The molecule has 1 aliphatic carbocycles. The number of imidazole rings is 1. The van der Waals surface area contributed by atoms with E-state index in [9.17, 15) is 0 Å². The molecule has 0 amide bonds. The number of fused-ring (bicyclic) bond motifs is 10. The van der Waals surface area contributed by atoms with Gasteiger partial charge in [-0.05, 0) is 45.5 Å². The molecule has 1 saturated heterocycles. The number of hydrogen-bond acceptors (Lipinski definition) is 2. The van der Waals surface area contributed by atoms with E-state index in [1.54, 1.807) is 0 Å². The zero-order valence-corrected chi connectivity index (χ0v) is 23.8. The van der Waals surface area contributed by atoms with Gasteiger partial charge in [-0.1, -0.05) is 146 Å². The predicted octanol–water partition coefficient (Wildman–Crippen LogP) is 9.05. The van der Waals surface area contributed by atoms with Crippen LogP contribution in [-0.2, 0) is 9.62 Å². The van der Waals surface area contributed by atoms with E-state index in [2.05, 4.69) is 174 Å². The van der Waals surface area contributed by atoms with Gasteiger partial charge in [-0.2, -0.15) is 0 Å². The number of rotatable bonds is 4. The van der Waals surface area contributed by atoms with Crippen molar-refractivity contribution in [2.75, 3.05) is 0 Å². The Morgan fingerprint density at radius 3 is 1.81 bits per heavy atom. The highest BCUT2D eigenvalue weighted by Crippen LogP contribution is 2.77. The number of aromatic nitrogens is 2. The second kappa shape index (κ2) is 8.95. The van der Waals surface area contributed by atoms with Crippen molar-refractivity contribution in [3.63, 3.8) is 0 Å². The third kappa shape index (κ3) is 3.04. The summed E-state index contributed by atoms with van der Waals surface area (Å²) < 4.78 is 2.29. The maximum Gasteiger partial charge on any atom is 0.132 e. The molecule has 6 aromatic rings. The Morgan fingerprint density at radius 2 is 1.17 bits per heavy atom. The van der Waals surface area contributed by atoms with Gasteiger partial charge in [0.15, 0.2) is 0 Å². The van der Waals surface area contributed by atoms with E-state index in [1.807, 2.05) is 0 Å². The molecule has 3 heteroatoms. The number of nitrogens with zero attached hydrogens (tertiary/aromatic N) is 2. The van der Waals surface area contributed by atoms with E-state index in [0.29, 0.717) is 0 Å². The average molecular weight is 557 g/mol. The molecule has 0 N–H and O–H groups in total. The zero-order valence-electron chi connectivity index (χ0n) is 23.0. The monoisotopic (exact) mass is 556 g/mol. The van der Waals surface area contributed by atoms with Gasteiger partial charge in [-0.15, -0.1) is 11.8 Å². The largest absolute Gasteiger partial charge is 0.306 e. The van der Waals surface area contributed by atoms with Gasteiger partial charge >= 0.3 is 0 Å². The van der Waals surface area contributed by atoms with Gasteiger partial charge < -0.3 is 4.57 Å². The van der Waals surface area contributed by atoms with E-state index < -0.39 is 0 Å². The molecule has 2 nitrogen and oxygen atoms in total. The zero-order chi connectivity index (χ0) is 27.7. The van der Waals surface area contributed by atoms with Crippen LogP contribution in [0.3, 0.4) is 0 Å². The summed E-state index contributed by atoms with van der Waals surface area (Å²) in [5.74, 6) is 1.61. The number of allylic oxidation sites excluding steroid dienone is 3. The van der Waals surface area contributed by atoms with Gasteiger partial charge in [0.05, 0.1) is 11.0 Å². The SMILES string of the molecule is C1=C[C@H]2[C@H](C1=C(c1ccccc1)c1ccccc1)[C@@]1(c3ccccc3)S[C@]2(c2ccccc2)c2nc3ccccc3n21. The predicted molar refractivity (Wildman–Crippen MR) is 173 cm³/mol. The molecule has 1 aromatic heterocycles. The van der Waals surface area contributed by atoms with Crippen molar-refractivity contribution in [2.24, 2.45) is 11.8 Å². The highest BCUT2D eigenvalue weighted by Gasteiger charge is 2.73. The number of thioether (sulfide) groups is 1. The minimum Gasteiger partial charge on any atom is -0.306 e. The minimum absolute atomic E-state index is 0.200. The maximum absolute atomic E-state index is 5.43. The van der Waals surface area contributed by atoms with Crippen molar-refractivity contribution >= 4 is 28.4 Å². The van der Waals surface area contributed by atoms with Crippen molar-refractivity contribution in [1.82, 2.24) is 9.55 Å². The molecule has 0 unspecified atom stereocenters. The number of benzene rings is 5. The quantitative estimate of drug-likeness (QED) is 0.216. The molecule has 2 aliphatic heterocycles. The first-order chi connectivity index (χ1) is 20.8. The Balaban J connectivity index is 1.43. The summed E-state index contributed by atoms with van der Waals surface area (Å²) >= 11 is 2.10. The number of para-hydroxylation sites is 2. The molecule has 2 bridgehead atoms. The minimum atomic E-state index is -0.374. The summed E-state index contributed by atoms with van der Waals surface area (Å²) in [6, 6.07) is 52.9. The fourth-order valence-electron chi connectivity index (χ4n) is 7.87. The van der Waals surface area contributed by atoms with Crippen LogP contribution in [0.2, 0.25) is 0 Å². The molecule has 0 spiro atoms. The van der Waals surface area contributed by atoms with E-state index in [4.69, 9.17) is 4.98 Å². The lowest BCUT2D eigenvalue weighted by molar-refractivity contribution is 0.281. The van der Waals surface area contributed by atoms with Crippen molar-refractivity contribution in [1.29, 1.82) is 0 Å². The molecule has 0 saturated carbocycles. The van der Waals surface area contributed by atoms with E-state index in [0.717, 1.165) is 11.3 Å². The summed E-state index contributed by atoms with van der Waals surface area (Å²) in [7, 11) is 0. The van der Waals surface area contributed by atoms with E-state index >= 15 is 0 Å². The first-order valence-corrected chi connectivity index (χ1v) is 15.5. The van der Waals surface area contributed by atoms with Crippen molar-refractivity contribution in [3.8, 4) is 0 Å². The maximum atomic E-state index is 5.43. The van der Waals surface area contributed by atoms with Crippen LogP contribution in [0.1, 0.15) is 28.1 Å². The van der Waals surface area contributed by atoms with Crippen LogP contribution in [0.4, 0.5) is 0 Å². The van der Waals surface area contributed by atoms with Crippen molar-refractivity contribution in [3.05, 3.63) is 191 Å². The molecule has 200 valence electrons. The Morgan fingerprint density at radius 1 is 0.619 bits per heavy atom. The third-order valence-electron chi connectivity index (χ3n) is 9.41. The molecule has 3 aliphatic rings. The summed E-state index contributed by atoms with van der Waals surface area (Å²) in [6.07, 6.45) is 4.94. The van der Waals surface area contributed by atoms with Gasteiger partial charge in [0, 0.05) is 11.8 Å². The molecule has 5 aromatic carbocycles. The van der Waals surface area contributed by atoms with Crippen LogP contribution >= 0.6 is 11.8 Å². The molecular formula is C39H28N2S. The van der Waals surface area contributed by atoms with Crippen LogP contribution in [-0.4, -0.2) is 9.55 Å². The summed E-state index contributed by atoms with van der Waals surface area (Å²) in [5, 5.41) is 0. The van der Waals surface area contributed by atoms with Crippen LogP contribution in [0.15, 0.2) is 163 Å². The van der Waals surface area contributed by atoms with Crippen LogP contribution in [0, 0.1) is 11.8 Å². The first kappa shape index (κ1) is 24.0. The highest BCUT2D eigenvalue weighted by atomic mass is 32.2. The van der Waals surface area contributed by atoms with E-state index in [1.165, 1.54) is 38.9 Å². The Bertz CT molecular complexity index is 1970. The Labute approximate surface area is 250 Å². The van der Waals surface area contributed by atoms with Gasteiger partial charge in [-0.25, -0.2) is 4.98 Å². The number of hydrogen-bond donors (Lipinski definition) is 0. The molecule has 1 fully saturated rings. The third-order valence-corrected chi connectivity index (χ3v) is 11.4. The van der Waals surface area contributed by atoms with Crippen LogP contribution in [0.5, 0.6) is 0 Å². The van der Waals surface area contributed by atoms with Gasteiger partial charge in [0.2, 0.25) is 0 Å². The normalized spacial score (nSPS) is 25.1. The summed E-state index contributed by atoms with van der Waals surface area (Å²) in [5.41, 5.74) is 10.1. The fourth-order valence-corrected chi connectivity index (χ4v) is 10.1. The standard InChI is InChI=1S/C39H28N2S/c1-5-15-27(16-6-1)35(28-17-7-2-8-18-28)31-25-26-32-36(31)39(30-21-11-4-12-22-30)41-34-24-14-13-23-33(34)40-37(41)38(32,42-39)29-19-9-3-10-20-29/h1-26,32,36H/t32-,36-,38-,39+/m0/s1. The Hall–Kier alpha value is -4.60. The lowest BCUT2D eigenvalue weighted by Crippen LogP contribution is -2.43. The lowest BCUT2D eigenvalue weighted by Gasteiger charge is -2.40. The van der Waals surface area contributed by atoms with Crippen molar-refractivity contribution < 1.29 is 0 Å². The average Bonchev–Trinajstić information content (AvgIpc) is 3.81. The van der Waals surface area contributed by atoms with Crippen LogP contribution < -0.4 is 0 Å². The molecule has 0 radical (unpaired) electrons. The second-order valence-electron chi connectivity index (χ2n) is 11.5. The molecule has 4 atom stereocenters. The summed E-state index contributed by atoms with van der Waals surface area (Å²) in [6.45, 7) is 0. The van der Waals surface area contributed by atoms with Gasteiger partial charge in [-0.3, -0.25) is 0 Å². The smallest absolute Gasteiger partial charge is 0.132 e. The van der Waals surface area contributed by atoms with Crippen molar-refractivity contribution in [2.45, 2.75) is 9.62 Å². The Kier molecular flexibility index (Phi) is 5.12.